The van der Waals surface area contributed by atoms with Crippen LogP contribution in [0.2, 0.25) is 0 Å². The van der Waals surface area contributed by atoms with Gasteiger partial charge >= 0.3 is 0 Å². The summed E-state index contributed by atoms with van der Waals surface area (Å²) in [6, 6.07) is 5.10. The van der Waals surface area contributed by atoms with E-state index < -0.39 is 0 Å². The molecule has 1 aliphatic heterocycles. The molecule has 0 bridgehead atoms. The van der Waals surface area contributed by atoms with Gasteiger partial charge in [-0.3, -0.25) is 4.79 Å². The molecule has 1 unspecified atom stereocenters. The Hall–Kier alpha value is -1.55. The number of rotatable bonds is 4. The molecule has 4 heteroatoms. The van der Waals surface area contributed by atoms with Crippen molar-refractivity contribution in [1.82, 2.24) is 0 Å². The smallest absolute Gasteiger partial charge is 0.194 e. The fraction of sp³-hybridized carbons (Fsp3) is 0.364. The van der Waals surface area contributed by atoms with Gasteiger partial charge in [-0.1, -0.05) is 0 Å². The molecule has 80 valence electrons. The lowest BCUT2D eigenvalue weighted by Gasteiger charge is -2.08. The van der Waals surface area contributed by atoms with Gasteiger partial charge in [0, 0.05) is 5.56 Å². The van der Waals surface area contributed by atoms with Gasteiger partial charge < -0.3 is 14.2 Å². The van der Waals surface area contributed by atoms with Crippen molar-refractivity contribution in [2.24, 2.45) is 0 Å². The van der Waals surface area contributed by atoms with Gasteiger partial charge in [0.1, 0.15) is 6.10 Å². The van der Waals surface area contributed by atoms with Gasteiger partial charge in [0.2, 0.25) is 0 Å². The average molecular weight is 208 g/mol. The lowest BCUT2D eigenvalue weighted by Crippen LogP contribution is -2.07. The number of methoxy groups -OCH3 is 2. The van der Waals surface area contributed by atoms with Crippen molar-refractivity contribution in [1.29, 1.82) is 0 Å². The van der Waals surface area contributed by atoms with E-state index in [9.17, 15) is 4.79 Å². The van der Waals surface area contributed by atoms with Crippen LogP contribution in [0.15, 0.2) is 18.2 Å². The summed E-state index contributed by atoms with van der Waals surface area (Å²) in [7, 11) is 3.10. The highest BCUT2D eigenvalue weighted by molar-refractivity contribution is 6.01. The maximum Gasteiger partial charge on any atom is 0.194 e. The number of ketones is 1. The molecule has 2 rings (SSSR count). The molecule has 1 heterocycles. The third-order valence-corrected chi connectivity index (χ3v) is 2.29. The summed E-state index contributed by atoms with van der Waals surface area (Å²) in [4.78, 5) is 11.7. The predicted octanol–water partition coefficient (Wildman–Crippen LogP) is 1.29. The van der Waals surface area contributed by atoms with Crippen LogP contribution < -0.4 is 9.47 Å². The van der Waals surface area contributed by atoms with E-state index >= 15 is 0 Å². The summed E-state index contributed by atoms with van der Waals surface area (Å²) in [5.41, 5.74) is 0.593. The van der Waals surface area contributed by atoms with Gasteiger partial charge in [0.25, 0.3) is 0 Å². The van der Waals surface area contributed by atoms with Crippen molar-refractivity contribution in [2.45, 2.75) is 6.10 Å². The first-order chi connectivity index (χ1) is 7.26. The van der Waals surface area contributed by atoms with E-state index in [0.29, 0.717) is 23.7 Å². The highest BCUT2D eigenvalue weighted by atomic mass is 16.6. The zero-order valence-corrected chi connectivity index (χ0v) is 8.65. The van der Waals surface area contributed by atoms with Gasteiger partial charge in [-0.15, -0.1) is 0 Å². The maximum atomic E-state index is 11.7. The number of carbonyl (C=O) groups excluding carboxylic acids is 1. The van der Waals surface area contributed by atoms with E-state index in [4.69, 9.17) is 14.2 Å². The molecule has 15 heavy (non-hydrogen) atoms. The number of hydrogen-bond acceptors (Lipinski definition) is 4. The third kappa shape index (κ3) is 1.94. The molecule has 1 aliphatic rings. The standard InChI is InChI=1S/C11H12O4/c1-13-8-4-3-7(5-9(8)14-2)11(12)10-6-15-10/h3-5,10H,6H2,1-2H3. The Morgan fingerprint density at radius 1 is 1.33 bits per heavy atom. The van der Waals surface area contributed by atoms with E-state index in [-0.39, 0.29) is 11.9 Å². The van der Waals surface area contributed by atoms with Crippen LogP contribution in [0.5, 0.6) is 11.5 Å². The molecule has 1 saturated heterocycles. The Morgan fingerprint density at radius 2 is 2.00 bits per heavy atom. The number of hydrogen-bond donors (Lipinski definition) is 0. The Morgan fingerprint density at radius 3 is 2.53 bits per heavy atom. The zero-order valence-electron chi connectivity index (χ0n) is 8.65. The van der Waals surface area contributed by atoms with Gasteiger partial charge in [0.05, 0.1) is 20.8 Å². The summed E-state index contributed by atoms with van der Waals surface area (Å²) in [5, 5.41) is 0. The number of carbonyl (C=O) groups is 1. The summed E-state index contributed by atoms with van der Waals surface area (Å²) < 4.78 is 15.1. The average Bonchev–Trinajstić information content (AvgIpc) is 3.11. The molecule has 1 aromatic rings. The number of epoxide rings is 1. The highest BCUT2D eigenvalue weighted by Crippen LogP contribution is 2.29. The molecule has 1 atom stereocenters. The highest BCUT2D eigenvalue weighted by Gasteiger charge is 2.32. The summed E-state index contributed by atoms with van der Waals surface area (Å²) >= 11 is 0. The molecule has 1 aromatic carbocycles. The molecule has 0 spiro atoms. The topological polar surface area (TPSA) is 48.1 Å². The van der Waals surface area contributed by atoms with Crippen molar-refractivity contribution in [3.05, 3.63) is 23.8 Å². The molecule has 0 amide bonds. The van der Waals surface area contributed by atoms with Gasteiger partial charge in [0.15, 0.2) is 17.3 Å². The van der Waals surface area contributed by atoms with Crippen LogP contribution in [0.25, 0.3) is 0 Å². The van der Waals surface area contributed by atoms with Crippen molar-refractivity contribution >= 4 is 5.78 Å². The van der Waals surface area contributed by atoms with E-state index in [0.717, 1.165) is 0 Å². The lowest BCUT2D eigenvalue weighted by atomic mass is 10.1. The second-order valence-electron chi connectivity index (χ2n) is 3.26. The third-order valence-electron chi connectivity index (χ3n) is 2.29. The monoisotopic (exact) mass is 208 g/mol. The van der Waals surface area contributed by atoms with Gasteiger partial charge in [-0.2, -0.15) is 0 Å². The molecule has 0 N–H and O–H groups in total. The molecule has 1 fully saturated rings. The molecular formula is C11H12O4. The first kappa shape index (κ1) is 9.98. The van der Waals surface area contributed by atoms with E-state index in [1.54, 1.807) is 32.4 Å². The lowest BCUT2D eigenvalue weighted by molar-refractivity contribution is 0.0953. The molecule has 0 aromatic heterocycles. The maximum absolute atomic E-state index is 11.7. The zero-order chi connectivity index (χ0) is 10.8. The van der Waals surface area contributed by atoms with Crippen LogP contribution in [0, 0.1) is 0 Å². The molecule has 0 saturated carbocycles. The van der Waals surface area contributed by atoms with E-state index in [1.165, 1.54) is 0 Å². The minimum Gasteiger partial charge on any atom is -0.493 e. The van der Waals surface area contributed by atoms with Gasteiger partial charge in [-0.05, 0) is 18.2 Å². The minimum atomic E-state index is -0.261. The molecule has 0 radical (unpaired) electrons. The Kier molecular flexibility index (Phi) is 2.60. The number of ether oxygens (including phenoxy) is 3. The predicted molar refractivity (Wildman–Crippen MR) is 53.6 cm³/mol. The first-order valence-corrected chi connectivity index (χ1v) is 4.64. The Balaban J connectivity index is 2.29. The summed E-state index contributed by atoms with van der Waals surface area (Å²) in [6.07, 6.45) is -0.261. The fourth-order valence-electron chi connectivity index (χ4n) is 1.37. The Bertz CT molecular complexity index is 382. The van der Waals surface area contributed by atoms with Crippen LogP contribution in [0.1, 0.15) is 10.4 Å². The Labute approximate surface area is 87.8 Å². The van der Waals surface area contributed by atoms with Crippen LogP contribution in [0.3, 0.4) is 0 Å². The van der Waals surface area contributed by atoms with Crippen LogP contribution >= 0.6 is 0 Å². The van der Waals surface area contributed by atoms with Crippen molar-refractivity contribution in [3.63, 3.8) is 0 Å². The minimum absolute atomic E-state index is 0.00375. The van der Waals surface area contributed by atoms with Crippen molar-refractivity contribution in [2.75, 3.05) is 20.8 Å². The second kappa shape index (κ2) is 3.90. The fourth-order valence-corrected chi connectivity index (χ4v) is 1.37. The second-order valence-corrected chi connectivity index (χ2v) is 3.26. The van der Waals surface area contributed by atoms with Crippen molar-refractivity contribution in [3.8, 4) is 11.5 Å². The van der Waals surface area contributed by atoms with E-state index in [2.05, 4.69) is 0 Å². The first-order valence-electron chi connectivity index (χ1n) is 4.64. The largest absolute Gasteiger partial charge is 0.493 e. The molecule has 4 nitrogen and oxygen atoms in total. The van der Waals surface area contributed by atoms with Crippen LogP contribution in [-0.2, 0) is 4.74 Å². The van der Waals surface area contributed by atoms with Gasteiger partial charge in [-0.25, -0.2) is 0 Å². The van der Waals surface area contributed by atoms with E-state index in [1.807, 2.05) is 0 Å². The van der Waals surface area contributed by atoms with Crippen molar-refractivity contribution < 1.29 is 19.0 Å². The van der Waals surface area contributed by atoms with Crippen LogP contribution in [-0.4, -0.2) is 32.7 Å². The normalized spacial score (nSPS) is 18.4. The molecule has 0 aliphatic carbocycles. The number of benzene rings is 1. The quantitative estimate of drug-likeness (QED) is 0.552. The summed E-state index contributed by atoms with van der Waals surface area (Å²) in [6.45, 7) is 0.521. The van der Waals surface area contributed by atoms with Crippen LogP contribution in [0.4, 0.5) is 0 Å². The number of Topliss-reactive ketones (excluding diaryl/α,β-unsaturated/α-hetero) is 1. The SMILES string of the molecule is COc1ccc(C(=O)C2CO2)cc1OC. The molecular weight excluding hydrogens is 196 g/mol. The summed E-state index contributed by atoms with van der Waals surface area (Å²) in [5.74, 6) is 1.17.